The lowest BCUT2D eigenvalue weighted by molar-refractivity contribution is -0.0605. The van der Waals surface area contributed by atoms with E-state index >= 15 is 0 Å². The molecule has 0 saturated carbocycles. The Kier molecular flexibility index (Phi) is 8.00. The number of sulfone groups is 1. The molecule has 1 aliphatic heterocycles. The number of aliphatic imine (C=N–C) groups is 1. The lowest BCUT2D eigenvalue weighted by Crippen LogP contribution is -2.51. The molecule has 0 aliphatic carbocycles. The van der Waals surface area contributed by atoms with Crippen LogP contribution in [0, 0.1) is 5.82 Å². The highest BCUT2D eigenvalue weighted by Gasteiger charge is 2.28. The average molecular weight is 402 g/mol. The molecule has 1 saturated heterocycles. The molecule has 1 N–H and O–H groups in total. The van der Waals surface area contributed by atoms with E-state index in [9.17, 15) is 12.8 Å². The number of nitrogens with zero attached hydrogens (tertiary/aromatic N) is 2. The fourth-order valence-electron chi connectivity index (χ4n) is 2.87. The van der Waals surface area contributed by atoms with E-state index in [2.05, 4.69) is 15.2 Å². The Morgan fingerprint density at radius 3 is 2.67 bits per heavy atom. The van der Waals surface area contributed by atoms with Crippen molar-refractivity contribution in [2.45, 2.75) is 19.1 Å². The molecule has 0 radical (unpaired) electrons. The van der Waals surface area contributed by atoms with E-state index in [0.717, 1.165) is 11.5 Å². The summed E-state index contributed by atoms with van der Waals surface area (Å²) in [5.41, 5.74) is 0.924. The summed E-state index contributed by atoms with van der Waals surface area (Å²) in [6, 6.07) is 6.34. The van der Waals surface area contributed by atoms with Crippen molar-refractivity contribution in [3.63, 3.8) is 0 Å². The molecule has 0 bridgehead atoms. The Hall–Kier alpha value is -1.71. The Balaban J connectivity index is 1.85. The summed E-state index contributed by atoms with van der Waals surface area (Å²) in [7, 11) is -1.30. The van der Waals surface area contributed by atoms with Gasteiger partial charge in [-0.3, -0.25) is 4.99 Å². The molecule has 7 nitrogen and oxygen atoms in total. The van der Waals surface area contributed by atoms with Crippen LogP contribution in [0.15, 0.2) is 29.3 Å². The van der Waals surface area contributed by atoms with Crippen LogP contribution in [0.5, 0.6) is 0 Å². The Morgan fingerprint density at radius 1 is 1.33 bits per heavy atom. The minimum absolute atomic E-state index is 0.00151. The maximum atomic E-state index is 13.2. The van der Waals surface area contributed by atoms with Gasteiger partial charge in [0.05, 0.1) is 31.6 Å². The molecule has 2 atom stereocenters. The maximum absolute atomic E-state index is 13.2. The number of guanidine groups is 1. The molecule has 0 amide bonds. The zero-order valence-electron chi connectivity index (χ0n) is 16.0. The summed E-state index contributed by atoms with van der Waals surface area (Å²) in [5.74, 6) is 0.471. The number of rotatable bonds is 7. The lowest BCUT2D eigenvalue weighted by Gasteiger charge is -2.38. The van der Waals surface area contributed by atoms with E-state index in [1.807, 2.05) is 6.92 Å². The molecule has 9 heteroatoms. The van der Waals surface area contributed by atoms with Gasteiger partial charge in [-0.25, -0.2) is 12.8 Å². The number of hydrogen-bond acceptors (Lipinski definition) is 5. The van der Waals surface area contributed by atoms with Crippen LogP contribution in [0.3, 0.4) is 0 Å². The molecular weight excluding hydrogens is 373 g/mol. The summed E-state index contributed by atoms with van der Waals surface area (Å²) in [5, 5.41) is 3.22. The minimum Gasteiger partial charge on any atom is -0.379 e. The second-order valence-corrected chi connectivity index (χ2v) is 8.87. The number of morpholine rings is 1. The van der Waals surface area contributed by atoms with Gasteiger partial charge in [-0.1, -0.05) is 12.1 Å². The average Bonchev–Trinajstić information content (AvgIpc) is 2.60. The van der Waals surface area contributed by atoms with Gasteiger partial charge in [-0.05, 0) is 24.6 Å². The smallest absolute Gasteiger partial charge is 0.193 e. The predicted octanol–water partition coefficient (Wildman–Crippen LogP) is 1.22. The van der Waals surface area contributed by atoms with E-state index in [1.165, 1.54) is 18.4 Å². The number of nitrogens with one attached hydrogen (secondary N) is 1. The van der Waals surface area contributed by atoms with E-state index in [0.29, 0.717) is 26.2 Å². The summed E-state index contributed by atoms with van der Waals surface area (Å²) >= 11 is 0. The third-order valence-electron chi connectivity index (χ3n) is 4.14. The van der Waals surface area contributed by atoms with Crippen molar-refractivity contribution < 1.29 is 22.3 Å². The highest BCUT2D eigenvalue weighted by Crippen LogP contribution is 2.25. The van der Waals surface area contributed by atoms with Crippen LogP contribution in [0.2, 0.25) is 0 Å². The van der Waals surface area contributed by atoms with Crippen LogP contribution in [-0.2, 0) is 19.3 Å². The van der Waals surface area contributed by atoms with Gasteiger partial charge in [0.15, 0.2) is 5.96 Å². The first kappa shape index (κ1) is 21.6. The second kappa shape index (κ2) is 10.0. The van der Waals surface area contributed by atoms with Crippen LogP contribution in [0.1, 0.15) is 18.6 Å². The molecular formula is C18H28FN3O4S. The van der Waals surface area contributed by atoms with Crippen molar-refractivity contribution in [3.05, 3.63) is 35.6 Å². The normalized spacial score (nSPS) is 21.3. The van der Waals surface area contributed by atoms with Crippen LogP contribution < -0.4 is 5.32 Å². The van der Waals surface area contributed by atoms with Crippen LogP contribution >= 0.6 is 0 Å². The van der Waals surface area contributed by atoms with Gasteiger partial charge in [0.1, 0.15) is 21.8 Å². The predicted molar refractivity (Wildman–Crippen MR) is 103 cm³/mol. The Morgan fingerprint density at radius 2 is 2.04 bits per heavy atom. The SMILES string of the molecule is CN=C(NCCOCCS(C)(=O)=O)N1CC(C)OC(c2ccc(F)cc2)C1. The summed E-state index contributed by atoms with van der Waals surface area (Å²) in [4.78, 5) is 6.41. The molecule has 1 aromatic carbocycles. The van der Waals surface area contributed by atoms with Crippen LogP contribution in [-0.4, -0.2) is 77.3 Å². The zero-order valence-corrected chi connectivity index (χ0v) is 16.8. The number of benzene rings is 1. The standard InChI is InChI=1S/C18H28FN3O4S/c1-14-12-22(13-17(26-14)15-4-6-16(19)7-5-15)18(20-2)21-8-9-25-10-11-27(3,23)24/h4-7,14,17H,8-13H2,1-3H3,(H,20,21). The summed E-state index contributed by atoms with van der Waals surface area (Å²) in [6.45, 7) is 4.36. The third-order valence-corrected chi connectivity index (χ3v) is 5.05. The summed E-state index contributed by atoms with van der Waals surface area (Å²) < 4.78 is 46.6. The Bertz CT molecular complexity index is 725. The van der Waals surface area contributed by atoms with Crippen molar-refractivity contribution in [2.24, 2.45) is 4.99 Å². The molecule has 152 valence electrons. The molecule has 0 spiro atoms. The molecule has 1 heterocycles. The number of ether oxygens (including phenoxy) is 2. The lowest BCUT2D eigenvalue weighted by atomic mass is 10.1. The zero-order chi connectivity index (χ0) is 19.9. The molecule has 1 fully saturated rings. The van der Waals surface area contributed by atoms with Gasteiger partial charge < -0.3 is 19.7 Å². The first-order valence-electron chi connectivity index (χ1n) is 8.90. The van der Waals surface area contributed by atoms with Gasteiger partial charge in [0.25, 0.3) is 0 Å². The monoisotopic (exact) mass is 401 g/mol. The van der Waals surface area contributed by atoms with E-state index in [-0.39, 0.29) is 30.4 Å². The topological polar surface area (TPSA) is 80.2 Å². The van der Waals surface area contributed by atoms with Gasteiger partial charge >= 0.3 is 0 Å². The molecule has 1 aromatic rings. The van der Waals surface area contributed by atoms with Gasteiger partial charge in [0.2, 0.25) is 0 Å². The van der Waals surface area contributed by atoms with Crippen molar-refractivity contribution in [3.8, 4) is 0 Å². The first-order valence-corrected chi connectivity index (χ1v) is 11.0. The maximum Gasteiger partial charge on any atom is 0.193 e. The quantitative estimate of drug-likeness (QED) is 0.420. The van der Waals surface area contributed by atoms with Crippen molar-refractivity contribution >= 4 is 15.8 Å². The Labute approximate surface area is 160 Å². The van der Waals surface area contributed by atoms with E-state index in [4.69, 9.17) is 9.47 Å². The molecule has 2 unspecified atom stereocenters. The highest BCUT2D eigenvalue weighted by atomic mass is 32.2. The number of halogens is 1. The van der Waals surface area contributed by atoms with E-state index < -0.39 is 9.84 Å². The van der Waals surface area contributed by atoms with Crippen molar-refractivity contribution in [2.75, 3.05) is 51.9 Å². The first-order chi connectivity index (χ1) is 12.8. The molecule has 2 rings (SSSR count). The minimum atomic E-state index is -3.01. The number of hydrogen-bond donors (Lipinski definition) is 1. The van der Waals surface area contributed by atoms with Gasteiger partial charge in [-0.15, -0.1) is 0 Å². The van der Waals surface area contributed by atoms with E-state index in [1.54, 1.807) is 19.2 Å². The van der Waals surface area contributed by atoms with Gasteiger partial charge in [0, 0.05) is 26.4 Å². The van der Waals surface area contributed by atoms with Crippen LogP contribution in [0.25, 0.3) is 0 Å². The fourth-order valence-corrected chi connectivity index (χ4v) is 3.29. The molecule has 0 aromatic heterocycles. The third kappa shape index (κ3) is 7.43. The highest BCUT2D eigenvalue weighted by molar-refractivity contribution is 7.90. The van der Waals surface area contributed by atoms with Gasteiger partial charge in [-0.2, -0.15) is 0 Å². The molecule has 1 aliphatic rings. The fraction of sp³-hybridized carbons (Fsp3) is 0.611. The molecule has 27 heavy (non-hydrogen) atoms. The van der Waals surface area contributed by atoms with Crippen molar-refractivity contribution in [1.29, 1.82) is 0 Å². The van der Waals surface area contributed by atoms with Crippen LogP contribution in [0.4, 0.5) is 4.39 Å². The second-order valence-electron chi connectivity index (χ2n) is 6.61. The summed E-state index contributed by atoms with van der Waals surface area (Å²) in [6.07, 6.45) is 1.02. The largest absolute Gasteiger partial charge is 0.379 e. The van der Waals surface area contributed by atoms with Crippen molar-refractivity contribution in [1.82, 2.24) is 10.2 Å².